The Hall–Kier alpha value is -0.287. The van der Waals surface area contributed by atoms with E-state index in [0.29, 0.717) is 0 Å². The van der Waals surface area contributed by atoms with E-state index in [4.69, 9.17) is 0 Å². The van der Waals surface area contributed by atoms with Crippen LogP contribution >= 0.6 is 0 Å². The van der Waals surface area contributed by atoms with Gasteiger partial charge in [0, 0.05) is 0 Å². The van der Waals surface area contributed by atoms with Crippen molar-refractivity contribution in [1.29, 1.82) is 0 Å². The standard InChI is InChI=1S/2C9H11.C2H4.Zr/c2*1-2-5-9-7-3-6-8(9)4-1;1-2;/h2*3,6-7H,1-2,4-5H2;1H,2H3;. The van der Waals surface area contributed by atoms with E-state index in [1.54, 1.807) is 11.1 Å². The van der Waals surface area contributed by atoms with Gasteiger partial charge in [-0.05, 0) is 0 Å². The fourth-order valence-corrected chi connectivity index (χ4v) is 12.7. The van der Waals surface area contributed by atoms with Crippen LogP contribution in [0.25, 0.3) is 0 Å². The van der Waals surface area contributed by atoms with E-state index in [-0.39, 0.29) is 0 Å². The van der Waals surface area contributed by atoms with Crippen molar-refractivity contribution in [1.82, 2.24) is 0 Å². The Morgan fingerprint density at radius 1 is 0.810 bits per heavy atom. The van der Waals surface area contributed by atoms with Crippen molar-refractivity contribution in [2.45, 2.75) is 65.5 Å². The second kappa shape index (κ2) is 6.07. The van der Waals surface area contributed by atoms with Crippen molar-refractivity contribution in [3.05, 3.63) is 46.6 Å². The fourth-order valence-electron chi connectivity index (χ4n) is 4.83. The molecular formula is C20H26Zr. The molecule has 0 nitrogen and oxygen atoms in total. The first-order valence-electron chi connectivity index (χ1n) is 8.85. The third kappa shape index (κ3) is 2.50. The minimum absolute atomic E-state index is 0.885. The zero-order chi connectivity index (χ0) is 14.2. The van der Waals surface area contributed by atoms with Crippen LogP contribution in [0.1, 0.15) is 58.3 Å². The van der Waals surface area contributed by atoms with Gasteiger partial charge in [-0.3, -0.25) is 0 Å². The predicted octanol–water partition coefficient (Wildman–Crippen LogP) is 5.88. The quantitative estimate of drug-likeness (QED) is 0.578. The van der Waals surface area contributed by atoms with E-state index in [0.717, 1.165) is 7.25 Å². The fraction of sp³-hybridized carbons (Fsp3) is 0.550. The summed E-state index contributed by atoms with van der Waals surface area (Å²) in [5.74, 6) is 0. The Balaban J connectivity index is 1.65. The Labute approximate surface area is 136 Å². The number of hydrogen-bond donors (Lipinski definition) is 0. The van der Waals surface area contributed by atoms with Gasteiger partial charge < -0.3 is 0 Å². The number of allylic oxidation sites excluding steroid dienone is 8. The zero-order valence-electron chi connectivity index (χ0n) is 13.2. The van der Waals surface area contributed by atoms with Gasteiger partial charge in [0.1, 0.15) is 0 Å². The van der Waals surface area contributed by atoms with Gasteiger partial charge in [-0.1, -0.05) is 0 Å². The Morgan fingerprint density at radius 3 is 1.76 bits per heavy atom. The molecule has 4 aliphatic rings. The van der Waals surface area contributed by atoms with E-state index in [1.807, 2.05) is 11.1 Å². The summed E-state index contributed by atoms with van der Waals surface area (Å²) in [4.78, 5) is 0. The van der Waals surface area contributed by atoms with E-state index >= 15 is 0 Å². The van der Waals surface area contributed by atoms with Gasteiger partial charge in [-0.25, -0.2) is 0 Å². The van der Waals surface area contributed by atoms with Crippen LogP contribution in [0.5, 0.6) is 0 Å². The molecule has 0 aromatic rings. The average molecular weight is 358 g/mol. The van der Waals surface area contributed by atoms with Gasteiger partial charge in [0.2, 0.25) is 0 Å². The van der Waals surface area contributed by atoms with Crippen molar-refractivity contribution < 1.29 is 21.3 Å². The molecule has 4 aliphatic carbocycles. The minimum atomic E-state index is -1.59. The zero-order valence-corrected chi connectivity index (χ0v) is 15.7. The van der Waals surface area contributed by atoms with Gasteiger partial charge in [0.15, 0.2) is 0 Å². The predicted molar refractivity (Wildman–Crippen MR) is 88.5 cm³/mol. The molecular weight excluding hydrogens is 331 g/mol. The summed E-state index contributed by atoms with van der Waals surface area (Å²) in [6.45, 7) is 2.37. The van der Waals surface area contributed by atoms with Crippen molar-refractivity contribution in [2.24, 2.45) is 0 Å². The Morgan fingerprint density at radius 2 is 1.29 bits per heavy atom. The van der Waals surface area contributed by atoms with Crippen LogP contribution < -0.4 is 0 Å². The first-order chi connectivity index (χ1) is 10.4. The van der Waals surface area contributed by atoms with Crippen LogP contribution in [0.4, 0.5) is 0 Å². The van der Waals surface area contributed by atoms with Gasteiger partial charge in [-0.2, -0.15) is 0 Å². The third-order valence-electron chi connectivity index (χ3n) is 5.89. The molecule has 21 heavy (non-hydrogen) atoms. The van der Waals surface area contributed by atoms with Gasteiger partial charge in [0.05, 0.1) is 0 Å². The molecule has 0 bridgehead atoms. The molecule has 4 rings (SSSR count). The van der Waals surface area contributed by atoms with Crippen molar-refractivity contribution in [2.75, 3.05) is 0 Å². The number of rotatable bonds is 2. The maximum absolute atomic E-state index is 2.70. The molecule has 2 atom stereocenters. The van der Waals surface area contributed by atoms with Crippen molar-refractivity contribution in [3.63, 3.8) is 0 Å². The number of hydrogen-bond acceptors (Lipinski definition) is 0. The molecule has 2 unspecified atom stereocenters. The van der Waals surface area contributed by atoms with Crippen LogP contribution in [0.3, 0.4) is 0 Å². The van der Waals surface area contributed by atoms with Gasteiger partial charge in [0.25, 0.3) is 0 Å². The Bertz CT molecular complexity index is 547. The maximum atomic E-state index is 2.70. The van der Waals surface area contributed by atoms with Crippen molar-refractivity contribution >= 4 is 3.71 Å². The summed E-state index contributed by atoms with van der Waals surface area (Å²) in [7, 11) is 0. The van der Waals surface area contributed by atoms with E-state index in [9.17, 15) is 0 Å². The molecule has 0 saturated carbocycles. The molecule has 0 radical (unpaired) electrons. The molecule has 0 aromatic carbocycles. The first-order valence-corrected chi connectivity index (χ1v) is 13.1. The molecule has 0 N–H and O–H groups in total. The molecule has 0 saturated heterocycles. The molecule has 0 amide bonds. The van der Waals surface area contributed by atoms with E-state index < -0.39 is 21.3 Å². The summed E-state index contributed by atoms with van der Waals surface area (Å²) >= 11 is -1.59. The van der Waals surface area contributed by atoms with E-state index in [1.165, 1.54) is 51.4 Å². The van der Waals surface area contributed by atoms with Crippen LogP contribution in [0.15, 0.2) is 46.6 Å². The molecule has 110 valence electrons. The topological polar surface area (TPSA) is 0 Å². The van der Waals surface area contributed by atoms with Crippen LogP contribution in [0.2, 0.25) is 7.25 Å². The summed E-state index contributed by atoms with van der Waals surface area (Å²) in [6.07, 6.45) is 21.4. The Kier molecular flexibility index (Phi) is 4.14. The van der Waals surface area contributed by atoms with Gasteiger partial charge >= 0.3 is 137 Å². The molecule has 0 aliphatic heterocycles. The SMILES string of the molecule is C[CH]=[Zr]([CH]1C=CC2=C1CCCC2)[CH]1C=CC2=C1CCCC2. The van der Waals surface area contributed by atoms with Crippen LogP contribution in [-0.4, -0.2) is 3.71 Å². The van der Waals surface area contributed by atoms with E-state index in [2.05, 4.69) is 34.9 Å². The second-order valence-corrected chi connectivity index (χ2v) is 13.9. The molecule has 0 spiro atoms. The monoisotopic (exact) mass is 356 g/mol. The average Bonchev–Trinajstić information content (AvgIpc) is 3.14. The normalized spacial score (nSPS) is 30.7. The molecule has 0 heterocycles. The third-order valence-corrected chi connectivity index (χ3v) is 13.7. The summed E-state index contributed by atoms with van der Waals surface area (Å²) in [5, 5.41) is 0. The second-order valence-electron chi connectivity index (χ2n) is 6.98. The molecule has 1 heteroatoms. The van der Waals surface area contributed by atoms with Gasteiger partial charge in [-0.15, -0.1) is 0 Å². The molecule has 0 aromatic heterocycles. The first kappa shape index (κ1) is 14.3. The summed E-state index contributed by atoms with van der Waals surface area (Å²) in [5.41, 5.74) is 7.19. The van der Waals surface area contributed by atoms with Crippen LogP contribution in [0, 0.1) is 0 Å². The van der Waals surface area contributed by atoms with Crippen LogP contribution in [-0.2, 0) is 21.3 Å². The summed E-state index contributed by atoms with van der Waals surface area (Å²) < 4.78 is 4.47. The summed E-state index contributed by atoms with van der Waals surface area (Å²) in [6, 6.07) is 0. The molecule has 0 fully saturated rings. The van der Waals surface area contributed by atoms with Crippen molar-refractivity contribution in [3.8, 4) is 0 Å².